The van der Waals surface area contributed by atoms with Gasteiger partial charge in [0, 0.05) is 6.54 Å². The number of nitrogens with one attached hydrogen (secondary N) is 1. The summed E-state index contributed by atoms with van der Waals surface area (Å²) in [5, 5.41) is 2.93. The standard InChI is InChI=1S/C18H18Cl2N2O4/c1-4-22(16-11(19)7-5-8-12(16)20)18(24)21-17(23)15-13(25-2)9-6-10-14(15)26-3/h5-10H,4H2,1-3H3,(H,21,23,24). The summed E-state index contributed by atoms with van der Waals surface area (Å²) in [6.07, 6.45) is 0. The maximum absolute atomic E-state index is 12.7. The first-order valence-corrected chi connectivity index (χ1v) is 8.48. The molecule has 0 heterocycles. The van der Waals surface area contributed by atoms with E-state index in [0.717, 1.165) is 0 Å². The Balaban J connectivity index is 2.33. The smallest absolute Gasteiger partial charge is 0.328 e. The first-order valence-electron chi connectivity index (χ1n) is 7.72. The number of rotatable bonds is 5. The first kappa shape index (κ1) is 19.9. The van der Waals surface area contributed by atoms with Crippen molar-refractivity contribution in [1.29, 1.82) is 0 Å². The third kappa shape index (κ3) is 4.03. The summed E-state index contributed by atoms with van der Waals surface area (Å²) in [4.78, 5) is 26.6. The van der Waals surface area contributed by atoms with Gasteiger partial charge in [-0.1, -0.05) is 35.3 Å². The van der Waals surface area contributed by atoms with E-state index in [2.05, 4.69) is 5.32 Å². The van der Waals surface area contributed by atoms with E-state index in [1.165, 1.54) is 19.1 Å². The lowest BCUT2D eigenvalue weighted by Crippen LogP contribution is -2.43. The minimum absolute atomic E-state index is 0.118. The average molecular weight is 397 g/mol. The number of carbonyl (C=O) groups is 2. The molecule has 2 rings (SSSR count). The van der Waals surface area contributed by atoms with E-state index in [0.29, 0.717) is 15.7 Å². The number of imide groups is 1. The van der Waals surface area contributed by atoms with E-state index < -0.39 is 11.9 Å². The lowest BCUT2D eigenvalue weighted by molar-refractivity contribution is 0.0959. The Kier molecular flexibility index (Phi) is 6.71. The lowest BCUT2D eigenvalue weighted by atomic mass is 10.1. The third-order valence-corrected chi connectivity index (χ3v) is 4.25. The van der Waals surface area contributed by atoms with Gasteiger partial charge in [0.25, 0.3) is 5.91 Å². The highest BCUT2D eigenvalue weighted by molar-refractivity contribution is 6.40. The van der Waals surface area contributed by atoms with Crippen LogP contribution in [0.15, 0.2) is 36.4 Å². The molecule has 3 amide bonds. The Hall–Kier alpha value is -2.44. The van der Waals surface area contributed by atoms with Crippen molar-refractivity contribution >= 4 is 40.8 Å². The number of carbonyl (C=O) groups excluding carboxylic acids is 2. The Bertz CT molecular complexity index is 784. The highest BCUT2D eigenvalue weighted by Crippen LogP contribution is 2.34. The van der Waals surface area contributed by atoms with Crippen LogP contribution >= 0.6 is 23.2 Å². The number of ether oxygens (including phenoxy) is 2. The molecule has 6 nitrogen and oxygen atoms in total. The Morgan fingerprint density at radius 1 is 1.00 bits per heavy atom. The molecular weight excluding hydrogens is 379 g/mol. The number of benzene rings is 2. The van der Waals surface area contributed by atoms with Gasteiger partial charge >= 0.3 is 6.03 Å². The molecule has 8 heteroatoms. The van der Waals surface area contributed by atoms with Gasteiger partial charge in [0.1, 0.15) is 17.1 Å². The van der Waals surface area contributed by atoms with Crippen LogP contribution in [0.2, 0.25) is 10.0 Å². The number of hydrogen-bond donors (Lipinski definition) is 1. The van der Waals surface area contributed by atoms with Gasteiger partial charge in [-0.3, -0.25) is 15.0 Å². The maximum atomic E-state index is 12.7. The highest BCUT2D eigenvalue weighted by Gasteiger charge is 2.25. The normalized spacial score (nSPS) is 10.2. The van der Waals surface area contributed by atoms with Crippen molar-refractivity contribution in [3.8, 4) is 11.5 Å². The zero-order chi connectivity index (χ0) is 19.3. The van der Waals surface area contributed by atoms with Crippen molar-refractivity contribution in [3.63, 3.8) is 0 Å². The number of halogens is 2. The van der Waals surface area contributed by atoms with Crippen molar-refractivity contribution in [2.45, 2.75) is 6.92 Å². The molecule has 0 radical (unpaired) electrons. The molecular formula is C18H18Cl2N2O4. The van der Waals surface area contributed by atoms with Gasteiger partial charge in [-0.15, -0.1) is 0 Å². The van der Waals surface area contributed by atoms with Gasteiger partial charge in [0.2, 0.25) is 0 Å². The minimum Gasteiger partial charge on any atom is -0.496 e. The predicted molar refractivity (Wildman–Crippen MR) is 102 cm³/mol. The maximum Gasteiger partial charge on any atom is 0.328 e. The lowest BCUT2D eigenvalue weighted by Gasteiger charge is -2.23. The number of anilines is 1. The number of urea groups is 1. The van der Waals surface area contributed by atoms with Crippen LogP contribution in [0.5, 0.6) is 11.5 Å². The summed E-state index contributed by atoms with van der Waals surface area (Å²) >= 11 is 12.3. The van der Waals surface area contributed by atoms with Crippen LogP contribution in [-0.2, 0) is 0 Å². The molecule has 0 spiro atoms. The van der Waals surface area contributed by atoms with Crippen molar-refractivity contribution in [3.05, 3.63) is 52.0 Å². The number of para-hydroxylation sites is 1. The summed E-state index contributed by atoms with van der Waals surface area (Å²) in [6.45, 7) is 2.00. The molecule has 0 aliphatic rings. The van der Waals surface area contributed by atoms with Crippen LogP contribution < -0.4 is 19.7 Å². The molecule has 1 N–H and O–H groups in total. The molecule has 0 aliphatic carbocycles. The second kappa shape index (κ2) is 8.78. The van der Waals surface area contributed by atoms with Crippen molar-refractivity contribution in [1.82, 2.24) is 5.32 Å². The zero-order valence-corrected chi connectivity index (χ0v) is 16.0. The monoisotopic (exact) mass is 396 g/mol. The molecule has 26 heavy (non-hydrogen) atoms. The summed E-state index contributed by atoms with van der Waals surface area (Å²) in [7, 11) is 2.85. The Labute approximate surface area is 161 Å². The molecule has 0 unspecified atom stereocenters. The number of methoxy groups -OCH3 is 2. The molecule has 0 atom stereocenters. The molecule has 0 saturated carbocycles. The third-order valence-electron chi connectivity index (χ3n) is 3.64. The van der Waals surface area contributed by atoms with Gasteiger partial charge in [0.05, 0.1) is 30.0 Å². The van der Waals surface area contributed by atoms with Crippen LogP contribution in [-0.4, -0.2) is 32.7 Å². The van der Waals surface area contributed by atoms with Gasteiger partial charge in [-0.25, -0.2) is 4.79 Å². The largest absolute Gasteiger partial charge is 0.496 e. The summed E-state index contributed by atoms with van der Waals surface area (Å²) < 4.78 is 10.4. The second-order valence-electron chi connectivity index (χ2n) is 5.11. The minimum atomic E-state index is -0.666. The fourth-order valence-corrected chi connectivity index (χ4v) is 3.05. The van der Waals surface area contributed by atoms with Crippen LogP contribution in [0, 0.1) is 0 Å². The molecule has 0 bridgehead atoms. The van der Waals surface area contributed by atoms with Crippen LogP contribution in [0.4, 0.5) is 10.5 Å². The summed E-state index contributed by atoms with van der Waals surface area (Å²) in [5.41, 5.74) is 0.447. The molecule has 138 valence electrons. The molecule has 2 aromatic carbocycles. The van der Waals surface area contributed by atoms with E-state index in [4.69, 9.17) is 32.7 Å². The van der Waals surface area contributed by atoms with E-state index >= 15 is 0 Å². The van der Waals surface area contributed by atoms with Crippen molar-refractivity contribution < 1.29 is 19.1 Å². The van der Waals surface area contributed by atoms with Gasteiger partial charge in [-0.2, -0.15) is 0 Å². The first-order chi connectivity index (χ1) is 12.4. The van der Waals surface area contributed by atoms with E-state index in [1.54, 1.807) is 43.3 Å². The SMILES string of the molecule is CCN(C(=O)NC(=O)c1c(OC)cccc1OC)c1c(Cl)cccc1Cl. The molecule has 0 aliphatic heterocycles. The van der Waals surface area contributed by atoms with Gasteiger partial charge in [-0.05, 0) is 31.2 Å². The molecule has 2 aromatic rings. The van der Waals surface area contributed by atoms with Crippen LogP contribution in [0.3, 0.4) is 0 Å². The molecule has 0 saturated heterocycles. The Morgan fingerprint density at radius 2 is 1.50 bits per heavy atom. The van der Waals surface area contributed by atoms with E-state index in [1.807, 2.05) is 0 Å². The van der Waals surface area contributed by atoms with E-state index in [-0.39, 0.29) is 23.6 Å². The highest BCUT2D eigenvalue weighted by atomic mass is 35.5. The van der Waals surface area contributed by atoms with Gasteiger partial charge < -0.3 is 9.47 Å². The van der Waals surface area contributed by atoms with Crippen molar-refractivity contribution in [2.75, 3.05) is 25.7 Å². The fraction of sp³-hybridized carbons (Fsp3) is 0.222. The number of hydrogen-bond acceptors (Lipinski definition) is 4. The van der Waals surface area contributed by atoms with Gasteiger partial charge in [0.15, 0.2) is 0 Å². The molecule has 0 aromatic heterocycles. The van der Waals surface area contributed by atoms with Crippen LogP contribution in [0.1, 0.15) is 17.3 Å². The summed E-state index contributed by atoms with van der Waals surface area (Å²) in [6, 6.07) is 9.12. The van der Waals surface area contributed by atoms with E-state index in [9.17, 15) is 9.59 Å². The predicted octanol–water partition coefficient (Wildman–Crippen LogP) is 4.39. The van der Waals surface area contributed by atoms with Crippen molar-refractivity contribution in [2.24, 2.45) is 0 Å². The molecule has 0 fully saturated rings. The average Bonchev–Trinajstić information content (AvgIpc) is 2.63. The fourth-order valence-electron chi connectivity index (χ4n) is 2.45. The summed E-state index contributed by atoms with van der Waals surface area (Å²) in [5.74, 6) is -0.0899. The number of amides is 3. The Morgan fingerprint density at radius 3 is 1.96 bits per heavy atom. The zero-order valence-electron chi connectivity index (χ0n) is 14.5. The topological polar surface area (TPSA) is 67.9 Å². The second-order valence-corrected chi connectivity index (χ2v) is 5.93. The number of nitrogens with zero attached hydrogens (tertiary/aromatic N) is 1. The quantitative estimate of drug-likeness (QED) is 0.813. The van der Waals surface area contributed by atoms with Crippen LogP contribution in [0.25, 0.3) is 0 Å².